The van der Waals surface area contributed by atoms with Gasteiger partial charge in [-0.25, -0.2) is 4.39 Å². The maximum Gasteiger partial charge on any atom is 0.293 e. The number of carbonyl (C=O) groups excluding carboxylic acids is 2. The number of nitrogens with zero attached hydrogens (tertiary/aromatic N) is 2. The summed E-state index contributed by atoms with van der Waals surface area (Å²) in [6, 6.07) is 19.5. The summed E-state index contributed by atoms with van der Waals surface area (Å²) in [5.41, 5.74) is 3.45. The fourth-order valence-electron chi connectivity index (χ4n) is 3.91. The smallest absolute Gasteiger partial charge is 0.293 e. The van der Waals surface area contributed by atoms with E-state index in [-0.39, 0.29) is 16.8 Å². The Morgan fingerprint density at radius 1 is 0.941 bits per heavy atom. The molecule has 2 amide bonds. The molecule has 0 atom stereocenters. The molecule has 170 valence electrons. The second-order valence-electron chi connectivity index (χ2n) is 7.86. The number of rotatable bonds is 5. The third-order valence-corrected chi connectivity index (χ3v) is 7.10. The number of fused-ring (bicyclic) bond motifs is 1. The zero-order chi connectivity index (χ0) is 23.8. The van der Waals surface area contributed by atoms with Gasteiger partial charge in [0, 0.05) is 39.3 Å². The fourth-order valence-corrected chi connectivity index (χ4v) is 5.09. The molecule has 4 aromatic rings. The molecule has 0 unspecified atom stereocenters. The number of halogens is 3. The van der Waals surface area contributed by atoms with Crippen LogP contribution in [0.25, 0.3) is 17.0 Å². The molecule has 4 nitrogen and oxygen atoms in total. The number of amides is 2. The first-order valence-electron chi connectivity index (χ1n) is 10.4. The van der Waals surface area contributed by atoms with Crippen LogP contribution in [-0.4, -0.2) is 20.6 Å². The van der Waals surface area contributed by atoms with Crippen molar-refractivity contribution in [3.05, 3.63) is 110 Å². The second-order valence-corrected chi connectivity index (χ2v) is 9.70. The molecule has 0 aliphatic carbocycles. The molecule has 1 fully saturated rings. The molecule has 0 saturated carbocycles. The summed E-state index contributed by atoms with van der Waals surface area (Å²) in [5, 5.41) is 1.44. The van der Waals surface area contributed by atoms with E-state index in [0.29, 0.717) is 22.0 Å². The van der Waals surface area contributed by atoms with Crippen molar-refractivity contribution < 1.29 is 14.0 Å². The van der Waals surface area contributed by atoms with E-state index in [9.17, 15) is 14.0 Å². The highest BCUT2D eigenvalue weighted by molar-refractivity contribution is 8.18. The average molecular weight is 511 g/mol. The first kappa shape index (κ1) is 22.7. The van der Waals surface area contributed by atoms with Gasteiger partial charge in [-0.15, -0.1) is 0 Å². The maximum absolute atomic E-state index is 13.4. The van der Waals surface area contributed by atoms with Crippen LogP contribution >= 0.6 is 35.0 Å². The van der Waals surface area contributed by atoms with Gasteiger partial charge < -0.3 is 4.57 Å². The van der Waals surface area contributed by atoms with Crippen molar-refractivity contribution >= 4 is 63.1 Å². The molecule has 0 radical (unpaired) electrons. The zero-order valence-corrected chi connectivity index (χ0v) is 20.0. The van der Waals surface area contributed by atoms with E-state index in [0.717, 1.165) is 38.7 Å². The summed E-state index contributed by atoms with van der Waals surface area (Å²) in [6.07, 6.45) is 3.72. The lowest BCUT2D eigenvalue weighted by Gasteiger charge is -2.13. The molecule has 3 aromatic carbocycles. The van der Waals surface area contributed by atoms with E-state index in [4.69, 9.17) is 23.2 Å². The van der Waals surface area contributed by atoms with Crippen LogP contribution in [0.5, 0.6) is 0 Å². The number of aromatic nitrogens is 1. The third kappa shape index (κ3) is 4.49. The summed E-state index contributed by atoms with van der Waals surface area (Å²) in [4.78, 5) is 27.1. The predicted molar refractivity (Wildman–Crippen MR) is 135 cm³/mol. The van der Waals surface area contributed by atoms with Crippen LogP contribution in [0.2, 0.25) is 10.0 Å². The van der Waals surface area contributed by atoms with Gasteiger partial charge >= 0.3 is 0 Å². The van der Waals surface area contributed by atoms with Gasteiger partial charge in [0.25, 0.3) is 11.1 Å². The second kappa shape index (κ2) is 9.29. The first-order valence-corrected chi connectivity index (χ1v) is 12.0. The van der Waals surface area contributed by atoms with Gasteiger partial charge in [0.2, 0.25) is 0 Å². The van der Waals surface area contributed by atoms with Crippen LogP contribution in [0, 0.1) is 5.82 Å². The number of benzene rings is 3. The van der Waals surface area contributed by atoms with E-state index in [1.165, 1.54) is 18.2 Å². The summed E-state index contributed by atoms with van der Waals surface area (Å²) in [5.74, 6) is -0.873. The number of hydrogen-bond acceptors (Lipinski definition) is 3. The van der Waals surface area contributed by atoms with Crippen molar-refractivity contribution in [2.75, 3.05) is 0 Å². The van der Waals surface area contributed by atoms with Gasteiger partial charge in [0.15, 0.2) is 0 Å². The van der Waals surface area contributed by atoms with Crippen molar-refractivity contribution in [1.82, 2.24) is 9.47 Å². The number of carbonyl (C=O) groups is 2. The van der Waals surface area contributed by atoms with Gasteiger partial charge in [0.1, 0.15) is 5.82 Å². The minimum Gasteiger partial charge on any atom is -0.342 e. The molecule has 1 aliphatic rings. The summed E-state index contributed by atoms with van der Waals surface area (Å²) in [7, 11) is 0. The highest BCUT2D eigenvalue weighted by Gasteiger charge is 2.35. The zero-order valence-electron chi connectivity index (χ0n) is 17.7. The van der Waals surface area contributed by atoms with Crippen molar-refractivity contribution in [2.45, 2.75) is 13.1 Å². The summed E-state index contributed by atoms with van der Waals surface area (Å²) >= 11 is 13.0. The molecule has 1 aliphatic heterocycles. The van der Waals surface area contributed by atoms with Crippen LogP contribution in [0.3, 0.4) is 0 Å². The Morgan fingerprint density at radius 3 is 2.47 bits per heavy atom. The molecule has 2 heterocycles. The molecule has 0 bridgehead atoms. The SMILES string of the molecule is O=C1SC(=Cc2cn(Cc3ccc(Cl)cc3)c3ccccc23)C(=O)N1Cc1ccc(F)cc1Cl. The van der Waals surface area contributed by atoms with Gasteiger partial charge in [-0.1, -0.05) is 59.6 Å². The van der Waals surface area contributed by atoms with Crippen LogP contribution < -0.4 is 0 Å². The van der Waals surface area contributed by atoms with Crippen molar-refractivity contribution in [3.63, 3.8) is 0 Å². The Hall–Kier alpha value is -3.06. The largest absolute Gasteiger partial charge is 0.342 e. The van der Waals surface area contributed by atoms with Gasteiger partial charge in [-0.3, -0.25) is 14.5 Å². The summed E-state index contributed by atoms with van der Waals surface area (Å²) < 4.78 is 15.5. The Bertz CT molecular complexity index is 1460. The van der Waals surface area contributed by atoms with E-state index in [2.05, 4.69) is 4.57 Å². The van der Waals surface area contributed by atoms with Gasteiger partial charge in [-0.05, 0) is 59.3 Å². The standard InChI is InChI=1S/C26H17Cl2FN2O2S/c27-19-8-5-16(6-9-19)13-30-14-18(21-3-1-2-4-23(21)30)11-24-25(32)31(26(33)34-24)15-17-7-10-20(29)12-22(17)28/h1-12,14H,13,15H2. The number of imide groups is 1. The lowest BCUT2D eigenvalue weighted by atomic mass is 10.1. The van der Waals surface area contributed by atoms with Crippen LogP contribution in [0.4, 0.5) is 9.18 Å². The first-order chi connectivity index (χ1) is 16.4. The molecule has 8 heteroatoms. The van der Waals surface area contributed by atoms with Crippen LogP contribution in [0.1, 0.15) is 16.7 Å². The van der Waals surface area contributed by atoms with E-state index in [1.54, 1.807) is 6.08 Å². The normalized spacial score (nSPS) is 15.1. The molecule has 5 rings (SSSR count). The number of hydrogen-bond donors (Lipinski definition) is 0. The van der Waals surface area contributed by atoms with Crippen molar-refractivity contribution in [2.24, 2.45) is 0 Å². The molecule has 0 N–H and O–H groups in total. The monoisotopic (exact) mass is 510 g/mol. The molecule has 0 spiro atoms. The Balaban J connectivity index is 1.45. The average Bonchev–Trinajstić information content (AvgIpc) is 3.29. The van der Waals surface area contributed by atoms with E-state index >= 15 is 0 Å². The van der Waals surface area contributed by atoms with Crippen molar-refractivity contribution in [3.8, 4) is 0 Å². The molecule has 1 saturated heterocycles. The molecule has 1 aromatic heterocycles. The lowest BCUT2D eigenvalue weighted by molar-refractivity contribution is -0.123. The van der Waals surface area contributed by atoms with Crippen LogP contribution in [0.15, 0.2) is 77.8 Å². The minimum absolute atomic E-state index is 0.0144. The lowest BCUT2D eigenvalue weighted by Crippen LogP contribution is -2.27. The fraction of sp³-hybridized carbons (Fsp3) is 0.0769. The molecular weight excluding hydrogens is 494 g/mol. The van der Waals surface area contributed by atoms with E-state index < -0.39 is 11.7 Å². The number of para-hydroxylation sites is 1. The van der Waals surface area contributed by atoms with Gasteiger partial charge in [0.05, 0.1) is 11.4 Å². The highest BCUT2D eigenvalue weighted by Crippen LogP contribution is 2.36. The Morgan fingerprint density at radius 2 is 1.71 bits per heavy atom. The van der Waals surface area contributed by atoms with E-state index in [1.807, 2.05) is 54.7 Å². The highest BCUT2D eigenvalue weighted by atomic mass is 35.5. The number of thioether (sulfide) groups is 1. The van der Waals surface area contributed by atoms with Gasteiger partial charge in [-0.2, -0.15) is 0 Å². The maximum atomic E-state index is 13.4. The van der Waals surface area contributed by atoms with Crippen LogP contribution in [-0.2, 0) is 17.9 Å². The molecular formula is C26H17Cl2FN2O2S. The Kier molecular flexibility index (Phi) is 6.21. The topological polar surface area (TPSA) is 42.3 Å². The van der Waals surface area contributed by atoms with Crippen molar-refractivity contribution in [1.29, 1.82) is 0 Å². The third-order valence-electron chi connectivity index (χ3n) is 5.59. The molecule has 34 heavy (non-hydrogen) atoms. The summed E-state index contributed by atoms with van der Waals surface area (Å²) in [6.45, 7) is 0.621. The predicted octanol–water partition coefficient (Wildman–Crippen LogP) is 7.37. The minimum atomic E-state index is -0.474. The Labute approximate surface area is 209 Å². The quantitative estimate of drug-likeness (QED) is 0.263.